The van der Waals surface area contributed by atoms with Crippen LogP contribution in [0.1, 0.15) is 23.1 Å². The smallest absolute Gasteiger partial charge is 0.228 e. The summed E-state index contributed by atoms with van der Waals surface area (Å²) in [6.07, 6.45) is -2.02. The van der Waals surface area contributed by atoms with Gasteiger partial charge in [-0.15, -0.1) is 0 Å². The molecule has 0 N–H and O–H groups in total. The van der Waals surface area contributed by atoms with Gasteiger partial charge in [-0.05, 0) is 18.1 Å². The number of aromatic nitrogens is 1. The molecule has 2 nitrogen and oxygen atoms in total. The highest BCUT2D eigenvalue weighted by Crippen LogP contribution is 2.26. The average molecular weight is 200 g/mol. The van der Waals surface area contributed by atoms with Gasteiger partial charge in [0.2, 0.25) is 5.95 Å². The maximum Gasteiger partial charge on any atom is 0.268 e. The second kappa shape index (κ2) is 4.09. The molecule has 0 aromatic carbocycles. The van der Waals surface area contributed by atoms with Gasteiger partial charge in [0.05, 0.1) is 18.1 Å². The predicted octanol–water partition coefficient (Wildman–Crippen LogP) is 2.53. The number of nitrogens with zero attached hydrogens (tertiary/aromatic N) is 2. The molecule has 0 radical (unpaired) electrons. The molecule has 1 aromatic heterocycles. The number of hydrogen-bond donors (Lipinski definition) is 0. The zero-order chi connectivity index (χ0) is 10.7. The Bertz CT molecular complexity index is 382. The van der Waals surface area contributed by atoms with Crippen molar-refractivity contribution in [2.75, 3.05) is 0 Å². The lowest BCUT2D eigenvalue weighted by Crippen LogP contribution is -2.03. The van der Waals surface area contributed by atoms with Crippen LogP contribution in [0.5, 0.6) is 0 Å². The number of aryl methyl sites for hydroxylation is 1. The van der Waals surface area contributed by atoms with Crippen molar-refractivity contribution in [1.82, 2.24) is 4.98 Å². The van der Waals surface area contributed by atoms with Crippen molar-refractivity contribution >= 4 is 0 Å². The molecule has 0 amide bonds. The Kier molecular flexibility index (Phi) is 3.07. The van der Waals surface area contributed by atoms with Crippen LogP contribution in [-0.4, -0.2) is 4.98 Å². The zero-order valence-electron chi connectivity index (χ0n) is 7.39. The SMILES string of the molecule is Cc1cnc(F)c(C(F)F)c1CC#N. The summed E-state index contributed by atoms with van der Waals surface area (Å²) in [6, 6.07) is 1.72. The van der Waals surface area contributed by atoms with Crippen molar-refractivity contribution in [3.05, 3.63) is 28.8 Å². The first kappa shape index (κ1) is 10.5. The Hall–Kier alpha value is -1.57. The van der Waals surface area contributed by atoms with Crippen molar-refractivity contribution in [1.29, 1.82) is 5.26 Å². The number of nitriles is 1. The fraction of sp³-hybridized carbons (Fsp3) is 0.333. The normalized spacial score (nSPS) is 10.3. The summed E-state index contributed by atoms with van der Waals surface area (Å²) in [5.41, 5.74) is -0.315. The molecule has 0 spiro atoms. The molecule has 0 bridgehead atoms. The largest absolute Gasteiger partial charge is 0.268 e. The minimum Gasteiger partial charge on any atom is -0.228 e. The molecule has 0 unspecified atom stereocenters. The Balaban J connectivity index is 3.35. The van der Waals surface area contributed by atoms with Crippen LogP contribution in [-0.2, 0) is 6.42 Å². The Morgan fingerprint density at radius 1 is 1.57 bits per heavy atom. The second-order valence-electron chi connectivity index (χ2n) is 2.76. The Morgan fingerprint density at radius 3 is 2.71 bits per heavy atom. The van der Waals surface area contributed by atoms with E-state index in [0.29, 0.717) is 5.56 Å². The van der Waals surface area contributed by atoms with Gasteiger partial charge in [-0.2, -0.15) is 9.65 Å². The summed E-state index contributed by atoms with van der Waals surface area (Å²) in [5, 5.41) is 8.40. The van der Waals surface area contributed by atoms with Crippen molar-refractivity contribution in [2.45, 2.75) is 19.8 Å². The number of alkyl halides is 2. The lowest BCUT2D eigenvalue weighted by molar-refractivity contribution is 0.144. The quantitative estimate of drug-likeness (QED) is 0.688. The maximum atomic E-state index is 12.9. The number of halogens is 3. The van der Waals surface area contributed by atoms with Gasteiger partial charge in [-0.1, -0.05) is 0 Å². The Labute approximate surface area is 79.0 Å². The monoisotopic (exact) mass is 200 g/mol. The average Bonchev–Trinajstić information content (AvgIpc) is 2.11. The molecule has 0 fully saturated rings. The highest BCUT2D eigenvalue weighted by molar-refractivity contribution is 5.34. The topological polar surface area (TPSA) is 36.7 Å². The molecule has 1 heterocycles. The van der Waals surface area contributed by atoms with Crippen LogP contribution in [0.25, 0.3) is 0 Å². The van der Waals surface area contributed by atoms with Gasteiger partial charge in [0.25, 0.3) is 6.43 Å². The first-order valence-corrected chi connectivity index (χ1v) is 3.87. The fourth-order valence-corrected chi connectivity index (χ4v) is 1.17. The van der Waals surface area contributed by atoms with Crippen molar-refractivity contribution in [3.8, 4) is 6.07 Å². The summed E-state index contributed by atoms with van der Waals surface area (Å²) >= 11 is 0. The predicted molar refractivity (Wildman–Crippen MR) is 43.2 cm³/mol. The minimum absolute atomic E-state index is 0.0370. The fourth-order valence-electron chi connectivity index (χ4n) is 1.17. The molecule has 0 saturated carbocycles. The summed E-state index contributed by atoms with van der Waals surface area (Å²) in [6.45, 7) is 1.52. The van der Waals surface area contributed by atoms with E-state index < -0.39 is 17.9 Å². The summed E-state index contributed by atoms with van der Waals surface area (Å²) in [4.78, 5) is 3.19. The van der Waals surface area contributed by atoms with E-state index in [4.69, 9.17) is 5.26 Å². The van der Waals surface area contributed by atoms with Gasteiger partial charge in [0, 0.05) is 6.20 Å². The van der Waals surface area contributed by atoms with Gasteiger partial charge in [0.15, 0.2) is 0 Å². The summed E-state index contributed by atoms with van der Waals surface area (Å²) < 4.78 is 37.7. The number of pyridine rings is 1. The van der Waals surface area contributed by atoms with E-state index in [9.17, 15) is 13.2 Å². The standard InChI is InChI=1S/C9H7F3N2/c1-5-4-14-9(12)7(8(10)11)6(5)2-3-13/h4,8H,2H2,1H3. The van der Waals surface area contributed by atoms with Crippen molar-refractivity contribution < 1.29 is 13.2 Å². The molecular formula is C9H7F3N2. The highest BCUT2D eigenvalue weighted by Gasteiger charge is 2.20. The summed E-state index contributed by atoms with van der Waals surface area (Å²) in [5.74, 6) is -1.20. The van der Waals surface area contributed by atoms with Crippen LogP contribution in [0, 0.1) is 24.2 Å². The van der Waals surface area contributed by atoms with Crippen LogP contribution in [0.4, 0.5) is 13.2 Å². The minimum atomic E-state index is -2.94. The van der Waals surface area contributed by atoms with Crippen LogP contribution < -0.4 is 0 Å². The first-order chi connectivity index (χ1) is 6.57. The molecule has 0 aliphatic rings. The third-order valence-electron chi connectivity index (χ3n) is 1.87. The second-order valence-corrected chi connectivity index (χ2v) is 2.76. The molecule has 74 valence electrons. The van der Waals surface area contributed by atoms with E-state index in [1.165, 1.54) is 6.92 Å². The van der Waals surface area contributed by atoms with E-state index in [2.05, 4.69) is 4.98 Å². The van der Waals surface area contributed by atoms with Gasteiger partial charge >= 0.3 is 0 Å². The highest BCUT2D eigenvalue weighted by atomic mass is 19.3. The van der Waals surface area contributed by atoms with E-state index in [-0.39, 0.29) is 12.0 Å². The van der Waals surface area contributed by atoms with Gasteiger partial charge < -0.3 is 0 Å². The maximum absolute atomic E-state index is 12.9. The van der Waals surface area contributed by atoms with E-state index in [0.717, 1.165) is 6.20 Å². The molecule has 0 saturated heterocycles. The van der Waals surface area contributed by atoms with Crippen LogP contribution in [0.2, 0.25) is 0 Å². The molecule has 0 aliphatic carbocycles. The molecule has 1 rings (SSSR count). The van der Waals surface area contributed by atoms with Gasteiger partial charge in [-0.3, -0.25) is 0 Å². The van der Waals surface area contributed by atoms with Crippen LogP contribution in [0.15, 0.2) is 6.20 Å². The van der Waals surface area contributed by atoms with Crippen molar-refractivity contribution in [2.24, 2.45) is 0 Å². The molecule has 0 aliphatic heterocycles. The third-order valence-corrected chi connectivity index (χ3v) is 1.87. The van der Waals surface area contributed by atoms with E-state index in [1.54, 1.807) is 6.07 Å². The molecule has 14 heavy (non-hydrogen) atoms. The number of hydrogen-bond acceptors (Lipinski definition) is 2. The lowest BCUT2D eigenvalue weighted by Gasteiger charge is -2.08. The third kappa shape index (κ3) is 1.84. The summed E-state index contributed by atoms with van der Waals surface area (Å²) in [7, 11) is 0. The molecule has 5 heteroatoms. The molecular weight excluding hydrogens is 193 g/mol. The Morgan fingerprint density at radius 2 is 2.21 bits per heavy atom. The van der Waals surface area contributed by atoms with Gasteiger partial charge in [-0.25, -0.2) is 13.8 Å². The van der Waals surface area contributed by atoms with Crippen molar-refractivity contribution in [3.63, 3.8) is 0 Å². The van der Waals surface area contributed by atoms with Crippen LogP contribution in [0.3, 0.4) is 0 Å². The zero-order valence-corrected chi connectivity index (χ0v) is 7.39. The van der Waals surface area contributed by atoms with Crippen LogP contribution >= 0.6 is 0 Å². The van der Waals surface area contributed by atoms with E-state index in [1.807, 2.05) is 0 Å². The first-order valence-electron chi connectivity index (χ1n) is 3.87. The molecule has 0 atom stereocenters. The molecule has 1 aromatic rings. The lowest BCUT2D eigenvalue weighted by atomic mass is 10.0. The van der Waals surface area contributed by atoms with Gasteiger partial charge in [0.1, 0.15) is 0 Å². The van der Waals surface area contributed by atoms with E-state index >= 15 is 0 Å². The number of rotatable bonds is 2.